The molecule has 0 atom stereocenters. The molecule has 0 saturated carbocycles. The topological polar surface area (TPSA) is 127 Å². The van der Waals surface area contributed by atoms with E-state index in [0.29, 0.717) is 45.0 Å². The first-order valence-corrected chi connectivity index (χ1v) is 12.6. The molecule has 0 unspecified atom stereocenters. The number of nitrogens with one attached hydrogen (secondary N) is 1. The van der Waals surface area contributed by atoms with Gasteiger partial charge in [0.05, 0.1) is 49.4 Å². The Morgan fingerprint density at radius 2 is 1.95 bits per heavy atom. The molecule has 2 aliphatic heterocycles. The van der Waals surface area contributed by atoms with Gasteiger partial charge in [-0.15, -0.1) is 0 Å². The zero-order valence-corrected chi connectivity index (χ0v) is 21.7. The van der Waals surface area contributed by atoms with Crippen molar-refractivity contribution in [2.75, 3.05) is 56.7 Å². The highest BCUT2D eigenvalue weighted by Crippen LogP contribution is 2.33. The van der Waals surface area contributed by atoms with E-state index in [0.717, 1.165) is 11.8 Å². The van der Waals surface area contributed by atoms with Gasteiger partial charge in [-0.3, -0.25) is 9.20 Å². The Labute approximate surface area is 226 Å². The van der Waals surface area contributed by atoms with Gasteiger partial charge >= 0.3 is 6.09 Å². The van der Waals surface area contributed by atoms with E-state index in [4.69, 9.17) is 9.26 Å². The number of ether oxygens (including phenoxy) is 2. The van der Waals surface area contributed by atoms with Gasteiger partial charge in [-0.2, -0.15) is 4.98 Å². The number of imidazole rings is 1. The van der Waals surface area contributed by atoms with E-state index in [9.17, 15) is 14.0 Å². The molecule has 12 nitrogen and oxygen atoms in total. The van der Waals surface area contributed by atoms with Crippen molar-refractivity contribution in [2.24, 2.45) is 0 Å². The summed E-state index contributed by atoms with van der Waals surface area (Å²) < 4.78 is 47.6. The van der Waals surface area contributed by atoms with Gasteiger partial charge in [0.1, 0.15) is 17.2 Å². The summed E-state index contributed by atoms with van der Waals surface area (Å²) >= 11 is 0. The fourth-order valence-corrected chi connectivity index (χ4v) is 4.78. The number of hydrogen-bond donors (Lipinski definition) is 1. The molecular formula is C26H25F2N7O5. The predicted octanol–water partition coefficient (Wildman–Crippen LogP) is 3.23. The summed E-state index contributed by atoms with van der Waals surface area (Å²) in [4.78, 5) is 36.9. The first kappa shape index (κ1) is 25.7. The largest absolute Gasteiger partial charge is 0.453 e. The van der Waals surface area contributed by atoms with Crippen LogP contribution in [0.1, 0.15) is 27.9 Å². The maximum Gasteiger partial charge on any atom is 0.409 e. The van der Waals surface area contributed by atoms with E-state index in [-0.39, 0.29) is 40.1 Å². The third kappa shape index (κ3) is 4.49. The van der Waals surface area contributed by atoms with Crippen molar-refractivity contribution in [3.05, 3.63) is 59.4 Å². The normalized spacial score (nSPS) is 15.8. The van der Waals surface area contributed by atoms with Crippen LogP contribution in [0.15, 0.2) is 35.1 Å². The third-order valence-corrected chi connectivity index (χ3v) is 7.14. The molecule has 3 aromatic heterocycles. The number of carbonyl (C=O) groups is 2. The standard InChI is InChI=1S/C26H25F2N7O5/c1-14-18(27)9-17(23-31-25(40-32-23)15-11-34(12-15)26(37)38-2)21(28)22(14)30-24(36)19-10-29-20-4-3-16(13-35(19)20)33-5-7-39-8-6-33/h3-4,9-10,13,15H,5-8,11-12H2,1-2H3,(H,30,36). The zero-order valence-electron chi connectivity index (χ0n) is 21.7. The zero-order chi connectivity index (χ0) is 28.0. The molecule has 2 saturated heterocycles. The number of anilines is 2. The van der Waals surface area contributed by atoms with Crippen LogP contribution in [0.2, 0.25) is 0 Å². The first-order chi connectivity index (χ1) is 19.3. The highest BCUT2D eigenvalue weighted by Gasteiger charge is 2.36. The smallest absolute Gasteiger partial charge is 0.409 e. The number of rotatable bonds is 5. The molecule has 40 heavy (non-hydrogen) atoms. The Balaban J connectivity index is 1.26. The number of fused-ring (bicyclic) bond motifs is 1. The van der Waals surface area contributed by atoms with E-state index < -0.39 is 23.6 Å². The van der Waals surface area contributed by atoms with Gasteiger partial charge in [-0.1, -0.05) is 5.16 Å². The minimum Gasteiger partial charge on any atom is -0.453 e. The SMILES string of the molecule is COC(=O)N1CC(c2nc(-c3cc(F)c(C)c(NC(=O)c4cnc5ccc(N6CCOCC6)cn45)c3F)no2)C1. The van der Waals surface area contributed by atoms with Gasteiger partial charge in [0.2, 0.25) is 11.7 Å². The lowest BCUT2D eigenvalue weighted by molar-refractivity contribution is 0.0804. The number of amides is 2. The van der Waals surface area contributed by atoms with Crippen molar-refractivity contribution in [1.29, 1.82) is 0 Å². The van der Waals surface area contributed by atoms with Crippen LogP contribution >= 0.6 is 0 Å². The summed E-state index contributed by atoms with van der Waals surface area (Å²) in [6.45, 7) is 4.58. The number of pyridine rings is 1. The maximum atomic E-state index is 15.7. The van der Waals surface area contributed by atoms with Crippen molar-refractivity contribution in [1.82, 2.24) is 24.4 Å². The number of halogens is 2. The summed E-state index contributed by atoms with van der Waals surface area (Å²) in [5.41, 5.74) is 0.856. The van der Waals surface area contributed by atoms with Crippen LogP contribution in [0.25, 0.3) is 17.0 Å². The second-order valence-electron chi connectivity index (χ2n) is 9.56. The van der Waals surface area contributed by atoms with Crippen LogP contribution in [0.3, 0.4) is 0 Å². The van der Waals surface area contributed by atoms with Gasteiger partial charge < -0.3 is 29.1 Å². The fraction of sp³-hybridized carbons (Fsp3) is 0.346. The lowest BCUT2D eigenvalue weighted by Gasteiger charge is -2.35. The van der Waals surface area contributed by atoms with E-state index in [2.05, 4.69) is 30.1 Å². The van der Waals surface area contributed by atoms with Crippen molar-refractivity contribution >= 4 is 29.0 Å². The van der Waals surface area contributed by atoms with Crippen molar-refractivity contribution in [2.45, 2.75) is 12.8 Å². The molecule has 5 heterocycles. The highest BCUT2D eigenvalue weighted by atomic mass is 19.1. The number of aromatic nitrogens is 4. The summed E-state index contributed by atoms with van der Waals surface area (Å²) in [6, 6.07) is 4.65. The number of benzene rings is 1. The van der Waals surface area contributed by atoms with Crippen LogP contribution in [-0.2, 0) is 9.47 Å². The van der Waals surface area contributed by atoms with Crippen molar-refractivity contribution in [3.63, 3.8) is 0 Å². The molecule has 1 N–H and O–H groups in total. The quantitative estimate of drug-likeness (QED) is 0.396. The van der Waals surface area contributed by atoms with Gasteiger partial charge in [0.25, 0.3) is 5.91 Å². The molecule has 2 amide bonds. The van der Waals surface area contributed by atoms with Crippen LogP contribution in [0, 0.1) is 18.6 Å². The second kappa shape index (κ2) is 10.2. The molecule has 2 fully saturated rings. The Hall–Kier alpha value is -4.59. The maximum absolute atomic E-state index is 15.7. The Bertz CT molecular complexity index is 1610. The van der Waals surface area contributed by atoms with Gasteiger partial charge in [0.15, 0.2) is 5.82 Å². The van der Waals surface area contributed by atoms with Crippen LogP contribution < -0.4 is 10.2 Å². The molecule has 2 aliphatic rings. The molecule has 6 rings (SSSR count). The molecule has 208 valence electrons. The summed E-state index contributed by atoms with van der Waals surface area (Å²) in [7, 11) is 1.28. The molecule has 4 aromatic rings. The second-order valence-corrected chi connectivity index (χ2v) is 9.56. The monoisotopic (exact) mass is 553 g/mol. The number of carbonyl (C=O) groups excluding carboxylic acids is 2. The summed E-state index contributed by atoms with van der Waals surface area (Å²) in [5.74, 6) is -2.59. The molecule has 1 aromatic carbocycles. The number of nitrogens with zero attached hydrogens (tertiary/aromatic N) is 6. The van der Waals surface area contributed by atoms with Crippen LogP contribution in [0.5, 0.6) is 0 Å². The molecule has 0 bridgehead atoms. The van der Waals surface area contributed by atoms with E-state index >= 15 is 4.39 Å². The van der Waals surface area contributed by atoms with Gasteiger partial charge in [-0.25, -0.2) is 18.6 Å². The first-order valence-electron chi connectivity index (χ1n) is 12.6. The number of likely N-dealkylation sites (tertiary alicyclic amines) is 1. The Morgan fingerprint density at radius 3 is 2.70 bits per heavy atom. The molecule has 0 spiro atoms. The molecule has 0 aliphatic carbocycles. The van der Waals surface area contributed by atoms with Gasteiger partial charge in [0, 0.05) is 37.9 Å². The Kier molecular flexibility index (Phi) is 6.54. The molecule has 14 heteroatoms. The van der Waals surface area contributed by atoms with Crippen LogP contribution in [-0.4, -0.2) is 82.9 Å². The van der Waals surface area contributed by atoms with E-state index in [1.807, 2.05) is 6.07 Å². The van der Waals surface area contributed by atoms with E-state index in [1.54, 1.807) is 16.7 Å². The van der Waals surface area contributed by atoms with Crippen LogP contribution in [0.4, 0.5) is 25.0 Å². The van der Waals surface area contributed by atoms with Gasteiger partial charge in [-0.05, 0) is 25.1 Å². The minimum atomic E-state index is -0.910. The predicted molar refractivity (Wildman–Crippen MR) is 137 cm³/mol. The highest BCUT2D eigenvalue weighted by molar-refractivity contribution is 6.04. The fourth-order valence-electron chi connectivity index (χ4n) is 4.78. The lowest BCUT2D eigenvalue weighted by Crippen LogP contribution is -2.48. The lowest BCUT2D eigenvalue weighted by atomic mass is 10.0. The van der Waals surface area contributed by atoms with E-state index in [1.165, 1.54) is 25.1 Å². The number of morpholine rings is 1. The third-order valence-electron chi connectivity index (χ3n) is 7.14. The number of hydrogen-bond acceptors (Lipinski definition) is 9. The average Bonchev–Trinajstić information content (AvgIpc) is 3.60. The molecular weight excluding hydrogens is 528 g/mol. The Morgan fingerprint density at radius 1 is 1.18 bits per heavy atom. The molecule has 0 radical (unpaired) electrons. The van der Waals surface area contributed by atoms with Crippen molar-refractivity contribution < 1.29 is 32.4 Å². The number of methoxy groups -OCH3 is 1. The summed E-state index contributed by atoms with van der Waals surface area (Å²) in [5, 5.41) is 6.32. The summed E-state index contributed by atoms with van der Waals surface area (Å²) in [6.07, 6.45) is 2.68. The minimum absolute atomic E-state index is 0.0890. The average molecular weight is 554 g/mol. The van der Waals surface area contributed by atoms with Crippen molar-refractivity contribution in [3.8, 4) is 11.4 Å².